The number of nitrogens with zero attached hydrogens (tertiary/aromatic N) is 7. The van der Waals surface area contributed by atoms with Crippen LogP contribution in [-0.4, -0.2) is 90.1 Å². The summed E-state index contributed by atoms with van der Waals surface area (Å²) in [6, 6.07) is 1.92. The fraction of sp³-hybridized carbons (Fsp3) is 0.556. The number of anilines is 2. The van der Waals surface area contributed by atoms with Gasteiger partial charge in [0.25, 0.3) is 5.91 Å². The molecular weight excluding hydrogens is 362 g/mol. The highest BCUT2D eigenvalue weighted by Gasteiger charge is 2.27. The molecule has 0 saturated carbocycles. The van der Waals surface area contributed by atoms with Gasteiger partial charge in [0.1, 0.15) is 11.4 Å². The molecule has 10 nitrogen and oxygen atoms in total. The lowest BCUT2D eigenvalue weighted by atomic mass is 10.2. The average molecular weight is 387 g/mol. The molecule has 0 radical (unpaired) electrons. The van der Waals surface area contributed by atoms with Crippen LogP contribution in [0.1, 0.15) is 10.4 Å². The molecule has 0 unspecified atom stereocenters. The molecule has 0 aromatic carbocycles. The molecule has 150 valence electrons. The number of ether oxygens (including phenoxy) is 2. The Kier molecular flexibility index (Phi) is 5.29. The van der Waals surface area contributed by atoms with E-state index in [1.54, 1.807) is 24.1 Å². The summed E-state index contributed by atoms with van der Waals surface area (Å²) in [6.45, 7) is 5.68. The molecule has 0 bridgehead atoms. The molecule has 2 saturated heterocycles. The highest BCUT2D eigenvalue weighted by Crippen LogP contribution is 2.21. The number of hydrogen-bond acceptors (Lipinski definition) is 8. The van der Waals surface area contributed by atoms with E-state index in [0.717, 1.165) is 24.9 Å². The molecular formula is C18H25N7O3. The average Bonchev–Trinajstić information content (AvgIpc) is 3.15. The lowest BCUT2D eigenvalue weighted by Gasteiger charge is -2.35. The summed E-state index contributed by atoms with van der Waals surface area (Å²) in [7, 11) is 3.30. The van der Waals surface area contributed by atoms with E-state index in [4.69, 9.17) is 14.5 Å². The van der Waals surface area contributed by atoms with Gasteiger partial charge in [0.05, 0.1) is 20.3 Å². The SMILES string of the molecule is COc1nn(C)cc1C(=O)N1CCN(c2ccnc(N3CCOCC3)n2)CC1. The van der Waals surface area contributed by atoms with Crippen LogP contribution in [0.25, 0.3) is 0 Å². The number of carbonyl (C=O) groups is 1. The first-order valence-electron chi connectivity index (χ1n) is 9.43. The van der Waals surface area contributed by atoms with Crippen LogP contribution in [0.15, 0.2) is 18.5 Å². The van der Waals surface area contributed by atoms with Gasteiger partial charge in [-0.2, -0.15) is 4.98 Å². The van der Waals surface area contributed by atoms with Gasteiger partial charge in [0.2, 0.25) is 11.8 Å². The van der Waals surface area contributed by atoms with E-state index in [0.29, 0.717) is 50.8 Å². The third-order valence-corrected chi connectivity index (χ3v) is 5.03. The van der Waals surface area contributed by atoms with E-state index in [9.17, 15) is 4.79 Å². The van der Waals surface area contributed by atoms with E-state index in [1.807, 2.05) is 11.0 Å². The largest absolute Gasteiger partial charge is 0.479 e. The summed E-state index contributed by atoms with van der Waals surface area (Å²) in [5, 5.41) is 4.17. The molecule has 2 aliphatic heterocycles. The predicted molar refractivity (Wildman–Crippen MR) is 103 cm³/mol. The van der Waals surface area contributed by atoms with Gasteiger partial charge < -0.3 is 24.2 Å². The second kappa shape index (κ2) is 8.01. The summed E-state index contributed by atoms with van der Waals surface area (Å²) < 4.78 is 12.2. The standard InChI is InChI=1S/C18H25N7O3/c1-22-13-14(16(21-22)27-2)17(26)24-7-5-23(6-8-24)15-3-4-19-18(20-15)25-9-11-28-12-10-25/h3-4,13H,5-12H2,1-2H3. The molecule has 28 heavy (non-hydrogen) atoms. The summed E-state index contributed by atoms with van der Waals surface area (Å²) in [5.41, 5.74) is 0.495. The Morgan fingerprint density at radius 1 is 1.11 bits per heavy atom. The Morgan fingerprint density at radius 2 is 1.86 bits per heavy atom. The van der Waals surface area contributed by atoms with Gasteiger partial charge in [-0.05, 0) is 6.07 Å². The highest BCUT2D eigenvalue weighted by molar-refractivity contribution is 5.96. The zero-order valence-electron chi connectivity index (χ0n) is 16.2. The van der Waals surface area contributed by atoms with Gasteiger partial charge in [-0.25, -0.2) is 4.98 Å². The van der Waals surface area contributed by atoms with Gasteiger partial charge in [-0.1, -0.05) is 0 Å². The Labute approximate surface area is 163 Å². The lowest BCUT2D eigenvalue weighted by Crippen LogP contribution is -2.49. The fourth-order valence-electron chi connectivity index (χ4n) is 3.51. The van der Waals surface area contributed by atoms with Crippen LogP contribution >= 0.6 is 0 Å². The second-order valence-electron chi connectivity index (χ2n) is 6.82. The molecule has 2 aromatic heterocycles. The number of rotatable bonds is 4. The Hall–Kier alpha value is -2.88. The van der Waals surface area contributed by atoms with Crippen molar-refractivity contribution in [2.24, 2.45) is 7.05 Å². The van der Waals surface area contributed by atoms with Crippen LogP contribution in [0.3, 0.4) is 0 Å². The number of aromatic nitrogens is 4. The molecule has 2 fully saturated rings. The van der Waals surface area contributed by atoms with Crippen LogP contribution in [0.5, 0.6) is 5.88 Å². The van der Waals surface area contributed by atoms with Gasteiger partial charge in [0.15, 0.2) is 0 Å². The number of carbonyl (C=O) groups excluding carboxylic acids is 1. The molecule has 2 aliphatic rings. The van der Waals surface area contributed by atoms with Crippen molar-refractivity contribution in [1.29, 1.82) is 0 Å². The number of morpholine rings is 1. The minimum absolute atomic E-state index is 0.0544. The van der Waals surface area contributed by atoms with Crippen LogP contribution in [0.4, 0.5) is 11.8 Å². The fourth-order valence-corrected chi connectivity index (χ4v) is 3.51. The van der Waals surface area contributed by atoms with E-state index in [-0.39, 0.29) is 5.91 Å². The van der Waals surface area contributed by atoms with E-state index < -0.39 is 0 Å². The zero-order chi connectivity index (χ0) is 19.5. The van der Waals surface area contributed by atoms with Crippen LogP contribution in [0.2, 0.25) is 0 Å². The topological polar surface area (TPSA) is 88.9 Å². The van der Waals surface area contributed by atoms with Crippen LogP contribution in [0, 0.1) is 0 Å². The quantitative estimate of drug-likeness (QED) is 0.725. The predicted octanol–water partition coefficient (Wildman–Crippen LogP) is 0.0177. The second-order valence-corrected chi connectivity index (χ2v) is 6.82. The third kappa shape index (κ3) is 3.72. The Bertz CT molecular complexity index is 826. The first kappa shape index (κ1) is 18.5. The van der Waals surface area contributed by atoms with Crippen molar-refractivity contribution < 1.29 is 14.3 Å². The molecule has 1 amide bonds. The van der Waals surface area contributed by atoms with Gasteiger partial charge in [-0.3, -0.25) is 9.48 Å². The van der Waals surface area contributed by atoms with E-state index in [2.05, 4.69) is 19.9 Å². The molecule has 0 atom stereocenters. The lowest BCUT2D eigenvalue weighted by molar-refractivity contribution is 0.0743. The van der Waals surface area contributed by atoms with Crippen LogP contribution < -0.4 is 14.5 Å². The summed E-state index contributed by atoms with van der Waals surface area (Å²) in [4.78, 5) is 28.1. The van der Waals surface area contributed by atoms with E-state index in [1.165, 1.54) is 7.11 Å². The Balaban J connectivity index is 1.40. The summed E-state index contributed by atoms with van der Waals surface area (Å²) >= 11 is 0. The van der Waals surface area contributed by atoms with Crippen molar-refractivity contribution in [3.8, 4) is 5.88 Å². The normalized spacial score (nSPS) is 17.7. The maximum atomic E-state index is 12.8. The summed E-state index contributed by atoms with van der Waals surface area (Å²) in [5.74, 6) is 1.93. The number of aryl methyl sites for hydroxylation is 1. The first-order valence-corrected chi connectivity index (χ1v) is 9.43. The Morgan fingerprint density at radius 3 is 2.57 bits per heavy atom. The van der Waals surface area contributed by atoms with Crippen molar-refractivity contribution in [2.45, 2.75) is 0 Å². The van der Waals surface area contributed by atoms with Crippen LogP contribution in [-0.2, 0) is 11.8 Å². The van der Waals surface area contributed by atoms with Gasteiger partial charge in [-0.15, -0.1) is 5.10 Å². The summed E-state index contributed by atoms with van der Waals surface area (Å²) in [6.07, 6.45) is 3.50. The first-order chi connectivity index (χ1) is 13.7. The van der Waals surface area contributed by atoms with Gasteiger partial charge >= 0.3 is 0 Å². The molecule has 10 heteroatoms. The molecule has 2 aromatic rings. The molecule has 4 heterocycles. The zero-order valence-corrected chi connectivity index (χ0v) is 16.2. The monoisotopic (exact) mass is 387 g/mol. The molecule has 0 N–H and O–H groups in total. The van der Waals surface area contributed by atoms with Crippen molar-refractivity contribution in [3.63, 3.8) is 0 Å². The van der Waals surface area contributed by atoms with Crippen molar-refractivity contribution >= 4 is 17.7 Å². The maximum absolute atomic E-state index is 12.8. The van der Waals surface area contributed by atoms with E-state index >= 15 is 0 Å². The molecule has 4 rings (SSSR count). The van der Waals surface area contributed by atoms with Gasteiger partial charge in [0, 0.05) is 58.7 Å². The minimum Gasteiger partial charge on any atom is -0.479 e. The van der Waals surface area contributed by atoms with Crippen molar-refractivity contribution in [3.05, 3.63) is 24.0 Å². The molecule has 0 spiro atoms. The van der Waals surface area contributed by atoms with Crippen molar-refractivity contribution in [1.82, 2.24) is 24.6 Å². The molecule has 0 aliphatic carbocycles. The highest BCUT2D eigenvalue weighted by atomic mass is 16.5. The minimum atomic E-state index is -0.0544. The van der Waals surface area contributed by atoms with Crippen molar-refractivity contribution in [2.75, 3.05) is 69.4 Å². The smallest absolute Gasteiger partial charge is 0.261 e. The number of methoxy groups -OCH3 is 1. The maximum Gasteiger partial charge on any atom is 0.261 e. The third-order valence-electron chi connectivity index (χ3n) is 5.03. The number of amides is 1. The number of piperazine rings is 1. The number of hydrogen-bond donors (Lipinski definition) is 0.